The van der Waals surface area contributed by atoms with Crippen molar-refractivity contribution in [1.29, 1.82) is 0 Å². The summed E-state index contributed by atoms with van der Waals surface area (Å²) in [5, 5.41) is 9.84. The first kappa shape index (κ1) is 29.7. The van der Waals surface area contributed by atoms with Crippen LogP contribution in [0, 0.1) is 5.92 Å². The second-order valence-electron chi connectivity index (χ2n) is 14.0. The topological polar surface area (TPSA) is 38.7 Å². The zero-order valence-electron chi connectivity index (χ0n) is 28.4. The van der Waals surface area contributed by atoms with Crippen LogP contribution in [0.1, 0.15) is 41.9 Å². The van der Waals surface area contributed by atoms with Crippen molar-refractivity contribution in [2.75, 3.05) is 0 Å². The number of allylic oxidation sites excluding steroid dienone is 5. The summed E-state index contributed by atoms with van der Waals surface area (Å²) in [7, 11) is 0. The van der Waals surface area contributed by atoms with E-state index in [1.807, 2.05) is 6.20 Å². The van der Waals surface area contributed by atoms with Gasteiger partial charge in [0, 0.05) is 28.6 Å². The fourth-order valence-electron chi connectivity index (χ4n) is 8.22. The molecule has 10 rings (SSSR count). The highest BCUT2D eigenvalue weighted by molar-refractivity contribution is 6.13. The molecular weight excluding hydrogens is 619 g/mol. The lowest BCUT2D eigenvalue weighted by atomic mass is 9.83. The average molecular weight is 654 g/mol. The van der Waals surface area contributed by atoms with Crippen molar-refractivity contribution in [3.63, 3.8) is 0 Å². The first-order chi connectivity index (χ1) is 25.2. The van der Waals surface area contributed by atoms with E-state index in [9.17, 15) is 0 Å². The van der Waals surface area contributed by atoms with Crippen molar-refractivity contribution in [1.82, 2.24) is 15.0 Å². The van der Waals surface area contributed by atoms with Gasteiger partial charge >= 0.3 is 0 Å². The summed E-state index contributed by atoms with van der Waals surface area (Å²) in [6.07, 6.45) is 15.2. The molecule has 3 heteroatoms. The van der Waals surface area contributed by atoms with Crippen molar-refractivity contribution in [3.05, 3.63) is 174 Å². The average Bonchev–Trinajstić information content (AvgIpc) is 3.20. The Morgan fingerprint density at radius 2 is 1.22 bits per heavy atom. The molecule has 0 fully saturated rings. The quantitative estimate of drug-likeness (QED) is 0.177. The number of fused-ring (bicyclic) bond motifs is 7. The molecule has 0 amide bonds. The predicted octanol–water partition coefficient (Wildman–Crippen LogP) is 12.2. The van der Waals surface area contributed by atoms with E-state index in [0.717, 1.165) is 52.4 Å². The van der Waals surface area contributed by atoms with E-state index in [2.05, 4.69) is 159 Å². The van der Waals surface area contributed by atoms with Gasteiger partial charge in [-0.25, -0.2) is 9.97 Å². The van der Waals surface area contributed by atoms with E-state index in [4.69, 9.17) is 15.0 Å². The van der Waals surface area contributed by atoms with Crippen LogP contribution in [0.5, 0.6) is 0 Å². The molecule has 0 bridgehead atoms. The number of pyridine rings is 1. The van der Waals surface area contributed by atoms with Gasteiger partial charge in [0.05, 0.1) is 17.1 Å². The zero-order valence-corrected chi connectivity index (χ0v) is 28.4. The van der Waals surface area contributed by atoms with Gasteiger partial charge in [0.15, 0.2) is 0 Å². The van der Waals surface area contributed by atoms with Crippen LogP contribution in [0.25, 0.3) is 77.3 Å². The maximum absolute atomic E-state index is 5.44. The third-order valence-electron chi connectivity index (χ3n) is 10.8. The molecule has 3 nitrogen and oxygen atoms in total. The van der Waals surface area contributed by atoms with Gasteiger partial charge in [0.25, 0.3) is 0 Å². The zero-order chi connectivity index (χ0) is 33.9. The minimum absolute atomic E-state index is 0.0287. The van der Waals surface area contributed by atoms with Crippen molar-refractivity contribution in [2.24, 2.45) is 5.92 Å². The van der Waals surface area contributed by atoms with Gasteiger partial charge in [-0.1, -0.05) is 134 Å². The monoisotopic (exact) mass is 653 g/mol. The smallest absolute Gasteiger partial charge is 0.136 e. The summed E-state index contributed by atoms with van der Waals surface area (Å²) in [5.41, 5.74) is 9.05. The molecule has 2 atom stereocenters. The summed E-state index contributed by atoms with van der Waals surface area (Å²) in [6, 6.07) is 43.6. The summed E-state index contributed by atoms with van der Waals surface area (Å²) < 4.78 is 0. The second kappa shape index (κ2) is 12.0. The maximum atomic E-state index is 5.44. The Morgan fingerprint density at radius 3 is 2.00 bits per heavy atom. The van der Waals surface area contributed by atoms with Crippen LogP contribution >= 0.6 is 0 Å². The van der Waals surface area contributed by atoms with Crippen LogP contribution in [0.3, 0.4) is 0 Å². The molecule has 0 saturated carbocycles. The normalized spacial score (nSPS) is 16.9. The van der Waals surface area contributed by atoms with Crippen LogP contribution in [0.2, 0.25) is 0 Å². The van der Waals surface area contributed by atoms with Gasteiger partial charge in [0.1, 0.15) is 5.82 Å². The molecule has 6 aromatic carbocycles. The predicted molar refractivity (Wildman–Crippen MR) is 214 cm³/mol. The molecule has 2 aromatic heterocycles. The Labute approximate surface area is 297 Å². The lowest BCUT2D eigenvalue weighted by Gasteiger charge is -2.23. The highest BCUT2D eigenvalue weighted by atomic mass is 14.9. The van der Waals surface area contributed by atoms with Crippen LogP contribution in [-0.4, -0.2) is 15.0 Å². The van der Waals surface area contributed by atoms with E-state index in [0.29, 0.717) is 5.92 Å². The molecule has 0 saturated heterocycles. The van der Waals surface area contributed by atoms with E-state index in [1.165, 1.54) is 54.2 Å². The lowest BCUT2D eigenvalue weighted by Crippen LogP contribution is -2.09. The maximum Gasteiger partial charge on any atom is 0.136 e. The Kier molecular flexibility index (Phi) is 6.99. The first-order valence-electron chi connectivity index (χ1n) is 17.9. The lowest BCUT2D eigenvalue weighted by molar-refractivity contribution is 0.721. The van der Waals surface area contributed by atoms with Gasteiger partial charge in [-0.05, 0) is 97.4 Å². The van der Waals surface area contributed by atoms with Crippen molar-refractivity contribution >= 4 is 54.7 Å². The number of hydrogen-bond donors (Lipinski definition) is 0. The first-order valence-corrected chi connectivity index (χ1v) is 17.9. The number of rotatable bonds is 4. The number of benzene rings is 6. The van der Waals surface area contributed by atoms with E-state index in [1.54, 1.807) is 0 Å². The Balaban J connectivity index is 1.17. The molecule has 51 heavy (non-hydrogen) atoms. The Hall–Kier alpha value is -6.19. The van der Waals surface area contributed by atoms with Crippen LogP contribution in [0.4, 0.5) is 0 Å². The number of aromatic nitrogens is 3. The molecule has 2 unspecified atom stereocenters. The highest BCUT2D eigenvalue weighted by Crippen LogP contribution is 2.41. The van der Waals surface area contributed by atoms with Gasteiger partial charge in [-0.15, -0.1) is 0 Å². The Bertz CT molecular complexity index is 2780. The number of nitrogens with zero attached hydrogens (tertiary/aromatic N) is 3. The number of hydrogen-bond acceptors (Lipinski definition) is 3. The minimum atomic E-state index is 0.0287. The van der Waals surface area contributed by atoms with E-state index in [-0.39, 0.29) is 5.92 Å². The molecule has 2 aliphatic rings. The summed E-state index contributed by atoms with van der Waals surface area (Å²) >= 11 is 0. The van der Waals surface area contributed by atoms with Gasteiger partial charge in [-0.2, -0.15) is 0 Å². The molecule has 0 radical (unpaired) electrons. The van der Waals surface area contributed by atoms with Crippen LogP contribution < -0.4 is 0 Å². The van der Waals surface area contributed by atoms with Gasteiger partial charge < -0.3 is 0 Å². The van der Waals surface area contributed by atoms with E-state index < -0.39 is 0 Å². The highest BCUT2D eigenvalue weighted by Gasteiger charge is 2.23. The standard InChI is InChI=1S/C48H35N3/c1-30-18-23-41-42(26-30)37-14-6-4-12-35(37)28-44(41)46-29-45(43-27-34-11-3-5-13-36(34)39-16-8-9-17-40(39)43)50-48(51-46)33-21-19-32(20-22-33)47-38-15-7-2-10-31(38)24-25-49-47/h2-21,23-25,27-30,33H,22,26H2,1H3. The molecule has 2 aliphatic carbocycles. The SMILES string of the molecule is CC1C=Cc2c(-c3cc(-c4cc5ccccc5c5ccccc45)nc(C4C=CC(c5nccc6ccccc56)=CC4)n3)cc3ccccc3c2C1. The van der Waals surface area contributed by atoms with Gasteiger partial charge in [0.2, 0.25) is 0 Å². The summed E-state index contributed by atoms with van der Waals surface area (Å²) in [6.45, 7) is 2.30. The van der Waals surface area contributed by atoms with Crippen molar-refractivity contribution in [3.8, 4) is 22.5 Å². The largest absolute Gasteiger partial charge is 0.256 e. The third kappa shape index (κ3) is 5.08. The molecular formula is C48H35N3. The van der Waals surface area contributed by atoms with Crippen molar-refractivity contribution in [2.45, 2.75) is 25.7 Å². The summed E-state index contributed by atoms with van der Waals surface area (Å²) in [5.74, 6) is 1.36. The summed E-state index contributed by atoms with van der Waals surface area (Å²) in [4.78, 5) is 15.7. The molecule has 242 valence electrons. The third-order valence-corrected chi connectivity index (χ3v) is 10.8. The molecule has 0 N–H and O–H groups in total. The minimum Gasteiger partial charge on any atom is -0.256 e. The van der Waals surface area contributed by atoms with Crippen molar-refractivity contribution < 1.29 is 0 Å². The Morgan fingerprint density at radius 1 is 0.569 bits per heavy atom. The van der Waals surface area contributed by atoms with Crippen LogP contribution in [-0.2, 0) is 6.42 Å². The molecule has 8 aromatic rings. The second-order valence-corrected chi connectivity index (χ2v) is 14.0. The molecule has 0 aliphatic heterocycles. The fourth-order valence-corrected chi connectivity index (χ4v) is 8.22. The fraction of sp³-hybridized carbons (Fsp3) is 0.104. The molecule has 0 spiro atoms. The van der Waals surface area contributed by atoms with Crippen LogP contribution in [0.15, 0.2) is 152 Å². The molecule has 2 heterocycles. The van der Waals surface area contributed by atoms with E-state index >= 15 is 0 Å². The van der Waals surface area contributed by atoms with Gasteiger partial charge in [-0.3, -0.25) is 4.98 Å².